The number of nitrogens with zero attached hydrogens (tertiary/aromatic N) is 2. The van der Waals surface area contributed by atoms with Crippen LogP contribution in [0, 0.1) is 5.92 Å². The van der Waals surface area contributed by atoms with Gasteiger partial charge in [-0.25, -0.2) is 0 Å². The van der Waals surface area contributed by atoms with Crippen molar-refractivity contribution in [3.8, 4) is 0 Å². The van der Waals surface area contributed by atoms with Gasteiger partial charge in [-0.2, -0.15) is 0 Å². The zero-order chi connectivity index (χ0) is 15.7. The first-order valence-corrected chi connectivity index (χ1v) is 8.06. The van der Waals surface area contributed by atoms with Gasteiger partial charge < -0.3 is 15.0 Å². The fraction of sp³-hybridized carbons (Fsp3) is 0.600. The fourth-order valence-electron chi connectivity index (χ4n) is 1.81. The molecule has 0 radical (unpaired) electrons. The molecule has 0 aliphatic carbocycles. The van der Waals surface area contributed by atoms with E-state index >= 15 is 0 Å². The number of halogens is 1. The molecule has 0 amide bonds. The molecule has 7 heteroatoms. The Balaban J connectivity index is 0.00000441. The molecule has 1 atom stereocenters. The molecule has 0 aromatic carbocycles. The number of likely N-dealkylation sites (N-methyl/N-ethyl adjacent to an activating group) is 1. The molecule has 0 bridgehead atoms. The Labute approximate surface area is 154 Å². The minimum absolute atomic E-state index is 0. The largest absolute Gasteiger partial charge is 0.469 e. The van der Waals surface area contributed by atoms with Crippen molar-refractivity contribution in [2.75, 3.05) is 33.8 Å². The monoisotopic (exact) mass is 439 g/mol. The Hall–Kier alpha value is -0.830. The van der Waals surface area contributed by atoms with E-state index in [4.69, 9.17) is 4.74 Å². The van der Waals surface area contributed by atoms with E-state index in [9.17, 15) is 4.79 Å². The summed E-state index contributed by atoms with van der Waals surface area (Å²) in [6.45, 7) is 5.98. The summed E-state index contributed by atoms with van der Waals surface area (Å²) in [5.41, 5.74) is 0. The van der Waals surface area contributed by atoms with E-state index in [2.05, 4.69) is 32.7 Å². The van der Waals surface area contributed by atoms with Crippen LogP contribution in [0.5, 0.6) is 0 Å². The summed E-state index contributed by atoms with van der Waals surface area (Å²) < 4.78 is 4.72. The maximum atomic E-state index is 11.4. The van der Waals surface area contributed by atoms with Crippen LogP contribution >= 0.6 is 35.3 Å². The lowest BCUT2D eigenvalue weighted by Gasteiger charge is -2.22. The lowest BCUT2D eigenvalue weighted by Crippen LogP contribution is -2.40. The second-order valence-electron chi connectivity index (χ2n) is 4.87. The third kappa shape index (κ3) is 7.44. The van der Waals surface area contributed by atoms with E-state index in [-0.39, 0.29) is 35.9 Å². The molecule has 0 fully saturated rings. The first kappa shape index (κ1) is 21.2. The number of methoxy groups -OCH3 is 1. The summed E-state index contributed by atoms with van der Waals surface area (Å²) in [6.07, 6.45) is 0.991. The van der Waals surface area contributed by atoms with Crippen molar-refractivity contribution in [1.82, 2.24) is 10.2 Å². The molecule has 1 rings (SSSR count). The van der Waals surface area contributed by atoms with Crippen LogP contribution in [0.15, 0.2) is 22.5 Å². The molecular weight excluding hydrogens is 413 g/mol. The molecule has 22 heavy (non-hydrogen) atoms. The van der Waals surface area contributed by atoms with Gasteiger partial charge in [-0.05, 0) is 24.8 Å². The Bertz CT molecular complexity index is 452. The van der Waals surface area contributed by atoms with Crippen molar-refractivity contribution in [3.63, 3.8) is 0 Å². The first-order chi connectivity index (χ1) is 10.1. The van der Waals surface area contributed by atoms with Crippen molar-refractivity contribution in [3.05, 3.63) is 22.4 Å². The number of hydrogen-bond donors (Lipinski definition) is 1. The van der Waals surface area contributed by atoms with E-state index < -0.39 is 0 Å². The summed E-state index contributed by atoms with van der Waals surface area (Å²) in [7, 11) is 3.42. The van der Waals surface area contributed by atoms with E-state index in [1.165, 1.54) is 12.0 Å². The number of guanidine groups is 1. The smallest absolute Gasteiger partial charge is 0.310 e. The summed E-state index contributed by atoms with van der Waals surface area (Å²) in [4.78, 5) is 19.4. The van der Waals surface area contributed by atoms with Crippen LogP contribution in [-0.4, -0.2) is 50.6 Å². The maximum absolute atomic E-state index is 11.4. The van der Waals surface area contributed by atoms with Gasteiger partial charge in [-0.15, -0.1) is 35.3 Å². The highest BCUT2D eigenvalue weighted by atomic mass is 127. The van der Waals surface area contributed by atoms with E-state index in [1.807, 2.05) is 20.9 Å². The number of hydrogen-bond acceptors (Lipinski definition) is 4. The SMILES string of the molecule is CCNC(=NCC(C)C(=O)OC)N(C)CCc1cccs1.I. The minimum Gasteiger partial charge on any atom is -0.469 e. The van der Waals surface area contributed by atoms with E-state index in [0.29, 0.717) is 6.54 Å². The van der Waals surface area contributed by atoms with Crippen LogP contribution in [0.25, 0.3) is 0 Å². The van der Waals surface area contributed by atoms with E-state index in [0.717, 1.165) is 25.5 Å². The number of esters is 1. The topological polar surface area (TPSA) is 53.9 Å². The second kappa shape index (κ2) is 11.7. The van der Waals surface area contributed by atoms with Crippen LogP contribution in [0.1, 0.15) is 18.7 Å². The van der Waals surface area contributed by atoms with Crippen LogP contribution < -0.4 is 5.32 Å². The average molecular weight is 439 g/mol. The lowest BCUT2D eigenvalue weighted by molar-refractivity contribution is -0.144. The number of aliphatic imine (C=N–C) groups is 1. The zero-order valence-corrected chi connectivity index (χ0v) is 16.8. The van der Waals surface area contributed by atoms with Gasteiger partial charge in [-0.3, -0.25) is 9.79 Å². The molecule has 0 aliphatic heterocycles. The third-order valence-electron chi connectivity index (χ3n) is 3.09. The summed E-state index contributed by atoms with van der Waals surface area (Å²) in [5, 5.41) is 5.34. The van der Waals surface area contributed by atoms with Gasteiger partial charge in [-0.1, -0.05) is 13.0 Å². The molecule has 0 spiro atoms. The molecule has 0 aliphatic rings. The molecule has 126 valence electrons. The molecule has 5 nitrogen and oxygen atoms in total. The Morgan fingerprint density at radius 1 is 1.55 bits per heavy atom. The Kier molecular flexibility index (Phi) is 11.3. The molecule has 1 unspecified atom stereocenters. The normalized spacial score (nSPS) is 12.3. The molecule has 0 saturated heterocycles. The number of ether oxygens (including phenoxy) is 1. The van der Waals surface area contributed by atoms with Crippen molar-refractivity contribution in [1.29, 1.82) is 0 Å². The van der Waals surface area contributed by atoms with Crippen LogP contribution in [0.4, 0.5) is 0 Å². The van der Waals surface area contributed by atoms with Crippen molar-refractivity contribution in [2.24, 2.45) is 10.9 Å². The number of carbonyl (C=O) groups excluding carboxylic acids is 1. The highest BCUT2D eigenvalue weighted by molar-refractivity contribution is 14.0. The zero-order valence-electron chi connectivity index (χ0n) is 13.7. The molecule has 1 heterocycles. The predicted octanol–water partition coefficient (Wildman–Crippen LogP) is 2.62. The summed E-state index contributed by atoms with van der Waals surface area (Å²) in [6, 6.07) is 4.21. The molecule has 1 aromatic rings. The highest BCUT2D eigenvalue weighted by Crippen LogP contribution is 2.09. The predicted molar refractivity (Wildman–Crippen MR) is 103 cm³/mol. The number of thiophene rings is 1. The first-order valence-electron chi connectivity index (χ1n) is 7.18. The van der Waals surface area contributed by atoms with Gasteiger partial charge in [0.15, 0.2) is 5.96 Å². The highest BCUT2D eigenvalue weighted by Gasteiger charge is 2.13. The van der Waals surface area contributed by atoms with Gasteiger partial charge in [0.1, 0.15) is 0 Å². The van der Waals surface area contributed by atoms with Crippen molar-refractivity contribution in [2.45, 2.75) is 20.3 Å². The molecule has 0 saturated carbocycles. The van der Waals surface area contributed by atoms with Gasteiger partial charge in [0.25, 0.3) is 0 Å². The molecule has 1 aromatic heterocycles. The lowest BCUT2D eigenvalue weighted by atomic mass is 10.2. The van der Waals surface area contributed by atoms with Gasteiger partial charge in [0, 0.05) is 25.0 Å². The third-order valence-corrected chi connectivity index (χ3v) is 4.02. The van der Waals surface area contributed by atoms with Crippen LogP contribution in [0.3, 0.4) is 0 Å². The number of nitrogens with one attached hydrogen (secondary N) is 1. The molecule has 1 N–H and O–H groups in total. The van der Waals surface area contributed by atoms with Crippen molar-refractivity contribution >= 4 is 47.2 Å². The number of rotatable bonds is 7. The van der Waals surface area contributed by atoms with Gasteiger partial charge in [0.2, 0.25) is 0 Å². The van der Waals surface area contributed by atoms with Crippen LogP contribution in [0.2, 0.25) is 0 Å². The Morgan fingerprint density at radius 2 is 2.27 bits per heavy atom. The van der Waals surface area contributed by atoms with Crippen LogP contribution in [-0.2, 0) is 16.0 Å². The number of carbonyl (C=O) groups is 1. The minimum atomic E-state index is -0.227. The van der Waals surface area contributed by atoms with Gasteiger partial charge >= 0.3 is 5.97 Å². The van der Waals surface area contributed by atoms with Gasteiger partial charge in [0.05, 0.1) is 19.6 Å². The van der Waals surface area contributed by atoms with Crippen molar-refractivity contribution < 1.29 is 9.53 Å². The summed E-state index contributed by atoms with van der Waals surface area (Å²) >= 11 is 1.77. The fourth-order valence-corrected chi connectivity index (χ4v) is 2.51. The second-order valence-corrected chi connectivity index (χ2v) is 5.90. The average Bonchev–Trinajstić information content (AvgIpc) is 3.01. The molecular formula is C15H26IN3O2S. The summed E-state index contributed by atoms with van der Waals surface area (Å²) in [5.74, 6) is 0.370. The maximum Gasteiger partial charge on any atom is 0.310 e. The Morgan fingerprint density at radius 3 is 2.82 bits per heavy atom. The standard InChI is InChI=1S/C15H25N3O2S.HI/c1-5-16-15(17-11-12(2)14(19)20-4)18(3)9-8-13-7-6-10-21-13;/h6-7,10,12H,5,8-9,11H2,1-4H3,(H,16,17);1H. The quantitative estimate of drug-likeness (QED) is 0.307. The van der Waals surface area contributed by atoms with E-state index in [1.54, 1.807) is 11.3 Å².